The van der Waals surface area contributed by atoms with Crippen LogP contribution in [0.1, 0.15) is 35.7 Å². The summed E-state index contributed by atoms with van der Waals surface area (Å²) in [6.07, 6.45) is 0. The average molecular weight is 284 g/mol. The molecule has 1 amide bonds. The smallest absolute Gasteiger partial charge is 0.255 e. The number of anilines is 2. The van der Waals surface area contributed by atoms with Gasteiger partial charge in [0, 0.05) is 17.3 Å². The molecule has 0 bridgehead atoms. The summed E-state index contributed by atoms with van der Waals surface area (Å²) in [4.78, 5) is 12.2. The van der Waals surface area contributed by atoms with E-state index in [1.165, 1.54) is 5.56 Å². The van der Waals surface area contributed by atoms with Crippen molar-refractivity contribution in [3.8, 4) is 5.75 Å². The first-order valence-electron chi connectivity index (χ1n) is 6.86. The van der Waals surface area contributed by atoms with Gasteiger partial charge in [-0.15, -0.1) is 0 Å². The molecule has 0 aliphatic carbocycles. The summed E-state index contributed by atoms with van der Waals surface area (Å²) in [6.45, 7) is 4.24. The van der Waals surface area contributed by atoms with E-state index in [4.69, 9.17) is 10.5 Å². The van der Waals surface area contributed by atoms with Gasteiger partial charge < -0.3 is 15.8 Å². The summed E-state index contributed by atoms with van der Waals surface area (Å²) >= 11 is 0. The monoisotopic (exact) mass is 284 g/mol. The maximum Gasteiger partial charge on any atom is 0.255 e. The molecule has 4 heteroatoms. The van der Waals surface area contributed by atoms with Crippen LogP contribution in [0.2, 0.25) is 0 Å². The molecule has 0 radical (unpaired) electrons. The van der Waals surface area contributed by atoms with Gasteiger partial charge in [-0.05, 0) is 35.7 Å². The van der Waals surface area contributed by atoms with Crippen LogP contribution < -0.4 is 15.8 Å². The van der Waals surface area contributed by atoms with Crippen molar-refractivity contribution in [1.29, 1.82) is 0 Å². The number of rotatable bonds is 4. The number of hydrogen-bond acceptors (Lipinski definition) is 3. The third kappa shape index (κ3) is 3.54. The maximum absolute atomic E-state index is 12.2. The summed E-state index contributed by atoms with van der Waals surface area (Å²) in [7, 11) is 1.54. The predicted octanol–water partition coefficient (Wildman–Crippen LogP) is 3.65. The van der Waals surface area contributed by atoms with Crippen LogP contribution >= 0.6 is 0 Å². The molecule has 0 atom stereocenters. The number of nitrogen functional groups attached to an aromatic ring is 1. The first kappa shape index (κ1) is 14.9. The minimum atomic E-state index is -0.155. The quantitative estimate of drug-likeness (QED) is 0.842. The fraction of sp³-hybridized carbons (Fsp3) is 0.235. The molecule has 0 saturated carbocycles. The third-order valence-corrected chi connectivity index (χ3v) is 3.33. The van der Waals surface area contributed by atoms with Gasteiger partial charge in [-0.3, -0.25) is 4.79 Å². The molecule has 3 N–H and O–H groups in total. The topological polar surface area (TPSA) is 64.3 Å². The lowest BCUT2D eigenvalue weighted by molar-refractivity contribution is 0.102. The van der Waals surface area contributed by atoms with Gasteiger partial charge in [-0.2, -0.15) is 0 Å². The highest BCUT2D eigenvalue weighted by atomic mass is 16.5. The summed E-state index contributed by atoms with van der Waals surface area (Å²) < 4.78 is 5.14. The van der Waals surface area contributed by atoms with E-state index in [9.17, 15) is 4.79 Å². The van der Waals surface area contributed by atoms with E-state index in [2.05, 4.69) is 19.2 Å². The molecular weight excluding hydrogens is 264 g/mol. The second kappa shape index (κ2) is 6.31. The highest BCUT2D eigenvalue weighted by molar-refractivity contribution is 6.04. The molecule has 0 unspecified atom stereocenters. The Balaban J connectivity index is 2.14. The van der Waals surface area contributed by atoms with Crippen molar-refractivity contribution in [2.75, 3.05) is 18.2 Å². The molecule has 110 valence electrons. The molecule has 21 heavy (non-hydrogen) atoms. The summed E-state index contributed by atoms with van der Waals surface area (Å²) in [6, 6.07) is 12.8. The van der Waals surface area contributed by atoms with Crippen molar-refractivity contribution in [3.05, 3.63) is 53.6 Å². The Kier molecular flexibility index (Phi) is 4.48. The molecule has 0 spiro atoms. The second-order valence-corrected chi connectivity index (χ2v) is 5.19. The Morgan fingerprint density at radius 1 is 1.14 bits per heavy atom. The zero-order chi connectivity index (χ0) is 15.4. The SMILES string of the molecule is COc1cc(NC(=O)c2ccc(C(C)C)cc2)ccc1N. The lowest BCUT2D eigenvalue weighted by Gasteiger charge is -2.10. The van der Waals surface area contributed by atoms with Crippen LogP contribution in [-0.4, -0.2) is 13.0 Å². The molecular formula is C17H20N2O2. The van der Waals surface area contributed by atoms with E-state index < -0.39 is 0 Å². The molecule has 0 aromatic heterocycles. The Labute approximate surface area is 124 Å². The lowest BCUT2D eigenvalue weighted by atomic mass is 10.0. The number of nitrogens with one attached hydrogen (secondary N) is 1. The van der Waals surface area contributed by atoms with Crippen LogP contribution in [0.4, 0.5) is 11.4 Å². The Morgan fingerprint density at radius 2 is 1.81 bits per heavy atom. The number of methoxy groups -OCH3 is 1. The average Bonchev–Trinajstić information content (AvgIpc) is 2.49. The van der Waals surface area contributed by atoms with E-state index in [1.54, 1.807) is 25.3 Å². The number of benzene rings is 2. The van der Waals surface area contributed by atoms with Crippen LogP contribution in [-0.2, 0) is 0 Å². The fourth-order valence-electron chi connectivity index (χ4n) is 2.01. The molecule has 0 fully saturated rings. The van der Waals surface area contributed by atoms with Gasteiger partial charge in [0.05, 0.1) is 12.8 Å². The normalized spacial score (nSPS) is 10.5. The molecule has 4 nitrogen and oxygen atoms in total. The summed E-state index contributed by atoms with van der Waals surface area (Å²) in [5.74, 6) is 0.837. The first-order valence-corrected chi connectivity index (χ1v) is 6.86. The highest BCUT2D eigenvalue weighted by Crippen LogP contribution is 2.25. The standard InChI is InChI=1S/C17H20N2O2/c1-11(2)12-4-6-13(7-5-12)17(20)19-14-8-9-15(18)16(10-14)21-3/h4-11H,18H2,1-3H3,(H,19,20). The third-order valence-electron chi connectivity index (χ3n) is 3.33. The Morgan fingerprint density at radius 3 is 2.38 bits per heavy atom. The molecule has 0 heterocycles. The van der Waals surface area contributed by atoms with Crippen LogP contribution in [0.25, 0.3) is 0 Å². The second-order valence-electron chi connectivity index (χ2n) is 5.19. The van der Waals surface area contributed by atoms with E-state index >= 15 is 0 Å². The van der Waals surface area contributed by atoms with Crippen molar-refractivity contribution < 1.29 is 9.53 Å². The Bertz CT molecular complexity index is 634. The summed E-state index contributed by atoms with van der Waals surface area (Å²) in [5.41, 5.74) is 8.77. The van der Waals surface area contributed by atoms with Crippen molar-refractivity contribution in [3.63, 3.8) is 0 Å². The number of amides is 1. The van der Waals surface area contributed by atoms with Gasteiger partial charge in [0.2, 0.25) is 0 Å². The van der Waals surface area contributed by atoms with Crippen LogP contribution in [0.15, 0.2) is 42.5 Å². The number of carbonyl (C=O) groups is 1. The molecule has 0 aliphatic heterocycles. The van der Waals surface area contributed by atoms with E-state index in [0.29, 0.717) is 28.6 Å². The predicted molar refractivity (Wildman–Crippen MR) is 85.9 cm³/mol. The molecule has 2 aromatic rings. The molecule has 2 rings (SSSR count). The maximum atomic E-state index is 12.2. The highest BCUT2D eigenvalue weighted by Gasteiger charge is 2.08. The van der Waals surface area contributed by atoms with Crippen LogP contribution in [0.3, 0.4) is 0 Å². The van der Waals surface area contributed by atoms with Gasteiger partial charge >= 0.3 is 0 Å². The zero-order valence-electron chi connectivity index (χ0n) is 12.5. The zero-order valence-corrected chi connectivity index (χ0v) is 12.5. The van der Waals surface area contributed by atoms with E-state index in [-0.39, 0.29) is 5.91 Å². The van der Waals surface area contributed by atoms with Gasteiger partial charge in [0.15, 0.2) is 0 Å². The number of hydrogen-bond donors (Lipinski definition) is 2. The van der Waals surface area contributed by atoms with Crippen molar-refractivity contribution in [2.45, 2.75) is 19.8 Å². The number of ether oxygens (including phenoxy) is 1. The van der Waals surface area contributed by atoms with Crippen molar-refractivity contribution in [2.24, 2.45) is 0 Å². The van der Waals surface area contributed by atoms with E-state index in [1.807, 2.05) is 24.3 Å². The van der Waals surface area contributed by atoms with Crippen LogP contribution in [0, 0.1) is 0 Å². The van der Waals surface area contributed by atoms with Crippen molar-refractivity contribution >= 4 is 17.3 Å². The fourth-order valence-corrected chi connectivity index (χ4v) is 2.01. The largest absolute Gasteiger partial charge is 0.495 e. The minimum absolute atomic E-state index is 0.155. The first-order chi connectivity index (χ1) is 10.0. The molecule has 2 aromatic carbocycles. The summed E-state index contributed by atoms with van der Waals surface area (Å²) in [5, 5.41) is 2.83. The number of carbonyl (C=O) groups excluding carboxylic acids is 1. The molecule has 0 saturated heterocycles. The minimum Gasteiger partial charge on any atom is -0.495 e. The Hall–Kier alpha value is -2.49. The van der Waals surface area contributed by atoms with Gasteiger partial charge in [-0.25, -0.2) is 0 Å². The number of nitrogens with two attached hydrogens (primary N) is 1. The lowest BCUT2D eigenvalue weighted by Crippen LogP contribution is -2.12. The molecule has 0 aliphatic rings. The van der Waals surface area contributed by atoms with Gasteiger partial charge in [-0.1, -0.05) is 26.0 Å². The van der Waals surface area contributed by atoms with Crippen molar-refractivity contribution in [1.82, 2.24) is 0 Å². The van der Waals surface area contributed by atoms with Gasteiger partial charge in [0.25, 0.3) is 5.91 Å². The van der Waals surface area contributed by atoms with E-state index in [0.717, 1.165) is 0 Å². The van der Waals surface area contributed by atoms with Crippen LogP contribution in [0.5, 0.6) is 5.75 Å². The van der Waals surface area contributed by atoms with Gasteiger partial charge in [0.1, 0.15) is 5.75 Å².